The van der Waals surface area contributed by atoms with Crippen molar-refractivity contribution in [3.63, 3.8) is 0 Å². The standard InChI is InChI=1S/C20H18N2O4S/c23-18-12-27-17-6-5-14(9-16(17)21-18)20(25)26-11-19(24)22-8-7-13-3-1-2-4-15(13)10-22/h1-6,9H,7-8,10-12H2,(H,21,23). The Morgan fingerprint density at radius 2 is 1.96 bits per heavy atom. The molecule has 6 nitrogen and oxygen atoms in total. The molecule has 0 spiro atoms. The van der Waals surface area contributed by atoms with E-state index in [9.17, 15) is 14.4 Å². The second kappa shape index (κ2) is 7.44. The van der Waals surface area contributed by atoms with Crippen molar-refractivity contribution in [3.05, 3.63) is 59.2 Å². The number of rotatable bonds is 3. The average molecular weight is 382 g/mol. The maximum absolute atomic E-state index is 12.4. The number of amides is 2. The highest BCUT2D eigenvalue weighted by Gasteiger charge is 2.22. The number of nitrogens with one attached hydrogen (secondary N) is 1. The number of carbonyl (C=O) groups excluding carboxylic acids is 3. The fraction of sp³-hybridized carbons (Fsp3) is 0.250. The Morgan fingerprint density at radius 3 is 2.81 bits per heavy atom. The molecule has 27 heavy (non-hydrogen) atoms. The summed E-state index contributed by atoms with van der Waals surface area (Å²) in [6.07, 6.45) is 0.804. The van der Waals surface area contributed by atoms with Gasteiger partial charge in [-0.2, -0.15) is 0 Å². The molecule has 0 radical (unpaired) electrons. The number of carbonyl (C=O) groups is 3. The van der Waals surface area contributed by atoms with Crippen LogP contribution in [0.2, 0.25) is 0 Å². The molecule has 2 aliphatic heterocycles. The largest absolute Gasteiger partial charge is 0.452 e. The Morgan fingerprint density at radius 1 is 1.15 bits per heavy atom. The van der Waals surface area contributed by atoms with Crippen LogP contribution in [0.15, 0.2) is 47.4 Å². The first kappa shape index (κ1) is 17.6. The maximum Gasteiger partial charge on any atom is 0.338 e. The Bertz CT molecular complexity index is 928. The molecular weight excluding hydrogens is 364 g/mol. The summed E-state index contributed by atoms with van der Waals surface area (Å²) < 4.78 is 5.20. The summed E-state index contributed by atoms with van der Waals surface area (Å²) in [6.45, 7) is 0.864. The van der Waals surface area contributed by atoms with Crippen LogP contribution in [-0.4, -0.2) is 41.6 Å². The van der Waals surface area contributed by atoms with E-state index in [1.807, 2.05) is 18.2 Å². The lowest BCUT2D eigenvalue weighted by Gasteiger charge is -2.28. The van der Waals surface area contributed by atoms with Gasteiger partial charge in [0.1, 0.15) is 0 Å². The number of esters is 1. The number of thioether (sulfide) groups is 1. The van der Waals surface area contributed by atoms with Gasteiger partial charge in [-0.25, -0.2) is 4.79 Å². The highest BCUT2D eigenvalue weighted by Crippen LogP contribution is 2.32. The van der Waals surface area contributed by atoms with Gasteiger partial charge in [0.05, 0.1) is 17.0 Å². The fourth-order valence-electron chi connectivity index (χ4n) is 3.22. The molecule has 2 amide bonds. The second-order valence-electron chi connectivity index (χ2n) is 6.46. The van der Waals surface area contributed by atoms with Crippen LogP contribution in [-0.2, 0) is 27.3 Å². The minimum atomic E-state index is -0.576. The lowest BCUT2D eigenvalue weighted by atomic mass is 10.00. The third kappa shape index (κ3) is 3.83. The highest BCUT2D eigenvalue weighted by molar-refractivity contribution is 8.00. The summed E-state index contributed by atoms with van der Waals surface area (Å²) >= 11 is 1.42. The molecule has 0 fully saturated rings. The normalized spacial score (nSPS) is 15.4. The summed E-state index contributed by atoms with van der Waals surface area (Å²) in [4.78, 5) is 38.8. The third-order valence-electron chi connectivity index (χ3n) is 4.66. The molecule has 0 aromatic heterocycles. The number of nitrogens with zero attached hydrogens (tertiary/aromatic N) is 1. The number of hydrogen-bond donors (Lipinski definition) is 1. The highest BCUT2D eigenvalue weighted by atomic mass is 32.2. The molecule has 0 aliphatic carbocycles. The number of benzene rings is 2. The summed E-state index contributed by atoms with van der Waals surface area (Å²) in [7, 11) is 0. The Hall–Kier alpha value is -2.80. The van der Waals surface area contributed by atoms with Crippen LogP contribution >= 0.6 is 11.8 Å². The van der Waals surface area contributed by atoms with Crippen LogP contribution in [0.1, 0.15) is 21.5 Å². The van der Waals surface area contributed by atoms with Crippen LogP contribution in [0.5, 0.6) is 0 Å². The van der Waals surface area contributed by atoms with E-state index in [0.29, 0.717) is 30.1 Å². The van der Waals surface area contributed by atoms with E-state index in [1.54, 1.807) is 23.1 Å². The van der Waals surface area contributed by atoms with Crippen LogP contribution < -0.4 is 5.32 Å². The van der Waals surface area contributed by atoms with Gasteiger partial charge in [0.25, 0.3) is 5.91 Å². The molecular formula is C20H18N2O4S. The average Bonchev–Trinajstić information content (AvgIpc) is 2.70. The monoisotopic (exact) mass is 382 g/mol. The second-order valence-corrected chi connectivity index (χ2v) is 7.48. The summed E-state index contributed by atoms with van der Waals surface area (Å²) in [5, 5.41) is 2.74. The minimum Gasteiger partial charge on any atom is -0.452 e. The SMILES string of the molecule is O=C1CSc2ccc(C(=O)OCC(=O)N3CCc4ccccc4C3)cc2N1. The smallest absolute Gasteiger partial charge is 0.338 e. The van der Waals surface area contributed by atoms with E-state index < -0.39 is 5.97 Å². The van der Waals surface area contributed by atoms with Crippen molar-refractivity contribution in [1.82, 2.24) is 4.90 Å². The topological polar surface area (TPSA) is 75.7 Å². The van der Waals surface area contributed by atoms with Gasteiger partial charge in [-0.15, -0.1) is 11.8 Å². The van der Waals surface area contributed by atoms with Crippen LogP contribution in [0.25, 0.3) is 0 Å². The number of fused-ring (bicyclic) bond motifs is 2. The van der Waals surface area contributed by atoms with Gasteiger partial charge >= 0.3 is 5.97 Å². The lowest BCUT2D eigenvalue weighted by Crippen LogP contribution is -2.38. The molecule has 2 aliphatic rings. The first-order chi connectivity index (χ1) is 13.1. The van der Waals surface area contributed by atoms with Crippen molar-refractivity contribution in [1.29, 1.82) is 0 Å². The van der Waals surface area contributed by atoms with Gasteiger partial charge in [-0.1, -0.05) is 24.3 Å². The van der Waals surface area contributed by atoms with E-state index in [0.717, 1.165) is 16.9 Å². The van der Waals surface area contributed by atoms with Crippen LogP contribution in [0.4, 0.5) is 5.69 Å². The molecule has 2 heterocycles. The summed E-state index contributed by atoms with van der Waals surface area (Å²) in [5.41, 5.74) is 3.30. The lowest BCUT2D eigenvalue weighted by molar-refractivity contribution is -0.135. The molecule has 2 aromatic rings. The molecule has 7 heteroatoms. The van der Waals surface area contributed by atoms with E-state index in [1.165, 1.54) is 17.3 Å². The molecule has 0 unspecified atom stereocenters. The first-order valence-electron chi connectivity index (χ1n) is 8.68. The molecule has 1 N–H and O–H groups in total. The van der Waals surface area contributed by atoms with Crippen molar-refractivity contribution in [3.8, 4) is 0 Å². The first-order valence-corrected chi connectivity index (χ1v) is 9.67. The van der Waals surface area contributed by atoms with E-state index >= 15 is 0 Å². The van der Waals surface area contributed by atoms with E-state index in [2.05, 4.69) is 11.4 Å². The third-order valence-corrected chi connectivity index (χ3v) is 5.73. The molecule has 0 bridgehead atoms. The number of anilines is 1. The Balaban J connectivity index is 1.36. The van der Waals surface area contributed by atoms with Gasteiger partial charge in [0, 0.05) is 18.0 Å². The van der Waals surface area contributed by atoms with Gasteiger partial charge in [0.15, 0.2) is 6.61 Å². The van der Waals surface area contributed by atoms with Crippen molar-refractivity contribution < 1.29 is 19.1 Å². The molecule has 0 saturated heterocycles. The zero-order chi connectivity index (χ0) is 18.8. The van der Waals surface area contributed by atoms with Crippen LogP contribution in [0.3, 0.4) is 0 Å². The molecule has 138 valence electrons. The molecule has 2 aromatic carbocycles. The van der Waals surface area contributed by atoms with Crippen molar-refractivity contribution in [2.24, 2.45) is 0 Å². The van der Waals surface area contributed by atoms with Gasteiger partial charge in [0.2, 0.25) is 5.91 Å². The number of ether oxygens (including phenoxy) is 1. The van der Waals surface area contributed by atoms with Crippen molar-refractivity contribution in [2.45, 2.75) is 17.9 Å². The minimum absolute atomic E-state index is 0.0985. The molecule has 4 rings (SSSR count). The predicted molar refractivity (Wildman–Crippen MR) is 102 cm³/mol. The predicted octanol–water partition coefficient (Wildman–Crippen LogP) is 2.47. The Kier molecular flexibility index (Phi) is 4.85. The zero-order valence-electron chi connectivity index (χ0n) is 14.6. The van der Waals surface area contributed by atoms with E-state index in [-0.39, 0.29) is 18.4 Å². The van der Waals surface area contributed by atoms with Crippen molar-refractivity contribution in [2.75, 3.05) is 24.2 Å². The maximum atomic E-state index is 12.4. The van der Waals surface area contributed by atoms with Gasteiger partial charge in [-0.05, 0) is 35.7 Å². The fourth-order valence-corrected chi connectivity index (χ4v) is 4.01. The van der Waals surface area contributed by atoms with Gasteiger partial charge < -0.3 is 15.0 Å². The Labute approximate surface area is 160 Å². The molecule has 0 atom stereocenters. The molecule has 0 saturated carbocycles. The van der Waals surface area contributed by atoms with Gasteiger partial charge in [-0.3, -0.25) is 9.59 Å². The quantitative estimate of drug-likeness (QED) is 0.826. The van der Waals surface area contributed by atoms with Crippen LogP contribution in [0, 0.1) is 0 Å². The van der Waals surface area contributed by atoms with E-state index in [4.69, 9.17) is 4.74 Å². The zero-order valence-corrected chi connectivity index (χ0v) is 15.4. The van der Waals surface area contributed by atoms with Crippen molar-refractivity contribution >= 4 is 35.2 Å². The number of hydrogen-bond acceptors (Lipinski definition) is 5. The summed E-state index contributed by atoms with van der Waals surface area (Å²) in [6, 6.07) is 13.1. The summed E-state index contributed by atoms with van der Waals surface area (Å²) in [5.74, 6) is -0.517.